The average Bonchev–Trinajstić information content (AvgIpc) is 2.80. The molecule has 0 fully saturated rings. The minimum Gasteiger partial charge on any atom is -0.505 e. The third-order valence-electron chi connectivity index (χ3n) is 5.13. The van der Waals surface area contributed by atoms with Gasteiger partial charge in [0.1, 0.15) is 5.75 Å². The van der Waals surface area contributed by atoms with Crippen molar-refractivity contribution in [2.24, 2.45) is 0 Å². The second-order valence-electron chi connectivity index (χ2n) is 7.12. The van der Waals surface area contributed by atoms with Crippen LogP contribution in [0.25, 0.3) is 10.9 Å². The van der Waals surface area contributed by atoms with Gasteiger partial charge in [-0.25, -0.2) is 9.37 Å². The molecule has 0 radical (unpaired) electrons. The number of nitrogens with one attached hydrogen (secondary N) is 1. The molecule has 0 unspecified atom stereocenters. The van der Waals surface area contributed by atoms with E-state index >= 15 is 0 Å². The number of amides is 1. The lowest BCUT2D eigenvalue weighted by Gasteiger charge is -2.12. The highest BCUT2D eigenvalue weighted by Gasteiger charge is 2.14. The SMILES string of the molecule is COc1ccccc1CCn1cnc2cccc(NC(=O)c3ccc(O)c(F)c3)c2c1=O. The smallest absolute Gasteiger partial charge is 0.263 e. The maximum absolute atomic E-state index is 13.6. The molecule has 0 bridgehead atoms. The zero-order valence-electron chi connectivity index (χ0n) is 17.2. The molecule has 0 atom stereocenters. The molecule has 0 aliphatic carbocycles. The first-order valence-corrected chi connectivity index (χ1v) is 9.88. The van der Waals surface area contributed by atoms with Crippen molar-refractivity contribution in [2.75, 3.05) is 12.4 Å². The number of methoxy groups -OCH3 is 1. The Morgan fingerprint density at radius 1 is 1.16 bits per heavy atom. The molecule has 0 aliphatic heterocycles. The quantitative estimate of drug-likeness (QED) is 0.483. The molecule has 8 heteroatoms. The van der Waals surface area contributed by atoms with Gasteiger partial charge in [-0.3, -0.25) is 14.2 Å². The van der Waals surface area contributed by atoms with E-state index in [1.165, 1.54) is 17.0 Å². The third kappa shape index (κ3) is 4.15. The van der Waals surface area contributed by atoms with E-state index in [0.29, 0.717) is 18.5 Å². The third-order valence-corrected chi connectivity index (χ3v) is 5.13. The van der Waals surface area contributed by atoms with Crippen LogP contribution in [0, 0.1) is 5.82 Å². The van der Waals surface area contributed by atoms with Crippen LogP contribution in [0.15, 0.2) is 71.8 Å². The van der Waals surface area contributed by atoms with Crippen molar-refractivity contribution < 1.29 is 19.0 Å². The number of fused-ring (bicyclic) bond motifs is 1. The van der Waals surface area contributed by atoms with Crippen LogP contribution < -0.4 is 15.6 Å². The number of aromatic hydroxyl groups is 1. The minimum atomic E-state index is -0.907. The van der Waals surface area contributed by atoms with Gasteiger partial charge >= 0.3 is 0 Å². The number of aryl methyl sites for hydroxylation is 2. The van der Waals surface area contributed by atoms with E-state index in [9.17, 15) is 19.1 Å². The summed E-state index contributed by atoms with van der Waals surface area (Å²) in [5.74, 6) is -1.33. The van der Waals surface area contributed by atoms with E-state index in [-0.39, 0.29) is 22.2 Å². The van der Waals surface area contributed by atoms with Crippen LogP contribution in [0.5, 0.6) is 11.5 Å². The summed E-state index contributed by atoms with van der Waals surface area (Å²) in [7, 11) is 1.59. The second-order valence-corrected chi connectivity index (χ2v) is 7.12. The van der Waals surface area contributed by atoms with Crippen molar-refractivity contribution in [3.05, 3.63) is 94.3 Å². The summed E-state index contributed by atoms with van der Waals surface area (Å²) in [4.78, 5) is 30.1. The van der Waals surface area contributed by atoms with Crippen LogP contribution >= 0.6 is 0 Å². The Morgan fingerprint density at radius 3 is 2.75 bits per heavy atom. The molecule has 7 nitrogen and oxygen atoms in total. The molecule has 0 aliphatic rings. The number of para-hydroxylation sites is 1. The molecule has 1 amide bonds. The zero-order chi connectivity index (χ0) is 22.7. The Kier molecular flexibility index (Phi) is 5.85. The van der Waals surface area contributed by atoms with E-state index in [1.54, 1.807) is 25.3 Å². The number of phenolic OH excluding ortho intramolecular Hbond substituents is 1. The van der Waals surface area contributed by atoms with Gasteiger partial charge in [0, 0.05) is 12.1 Å². The molecule has 0 saturated heterocycles. The van der Waals surface area contributed by atoms with E-state index in [4.69, 9.17) is 4.74 Å². The maximum Gasteiger partial charge on any atom is 0.263 e. The van der Waals surface area contributed by atoms with Crippen molar-refractivity contribution in [1.29, 1.82) is 0 Å². The van der Waals surface area contributed by atoms with Gasteiger partial charge < -0.3 is 15.2 Å². The molecule has 4 rings (SSSR count). The van der Waals surface area contributed by atoms with Crippen molar-refractivity contribution in [3.63, 3.8) is 0 Å². The first-order valence-electron chi connectivity index (χ1n) is 9.88. The topological polar surface area (TPSA) is 93.4 Å². The predicted molar refractivity (Wildman–Crippen MR) is 119 cm³/mol. The number of ether oxygens (including phenoxy) is 1. The molecule has 2 N–H and O–H groups in total. The number of hydrogen-bond acceptors (Lipinski definition) is 5. The van der Waals surface area contributed by atoms with Crippen LogP contribution in [0.4, 0.5) is 10.1 Å². The summed E-state index contributed by atoms with van der Waals surface area (Å²) in [6.45, 7) is 0.369. The van der Waals surface area contributed by atoms with Gasteiger partial charge in [-0.1, -0.05) is 24.3 Å². The highest BCUT2D eigenvalue weighted by molar-refractivity contribution is 6.08. The van der Waals surface area contributed by atoms with Crippen LogP contribution in [0.3, 0.4) is 0 Å². The van der Waals surface area contributed by atoms with Crippen molar-refractivity contribution in [3.8, 4) is 11.5 Å². The Morgan fingerprint density at radius 2 is 1.97 bits per heavy atom. The number of hydrogen-bond donors (Lipinski definition) is 2. The Balaban J connectivity index is 1.65. The van der Waals surface area contributed by atoms with Gasteiger partial charge in [0.2, 0.25) is 0 Å². The highest BCUT2D eigenvalue weighted by atomic mass is 19.1. The lowest BCUT2D eigenvalue weighted by Crippen LogP contribution is -2.23. The Labute approximate surface area is 182 Å². The fourth-order valence-corrected chi connectivity index (χ4v) is 3.46. The molecule has 3 aromatic carbocycles. The van der Waals surface area contributed by atoms with Gasteiger partial charge in [-0.15, -0.1) is 0 Å². The number of halogens is 1. The van der Waals surface area contributed by atoms with Gasteiger partial charge in [0.25, 0.3) is 11.5 Å². The fraction of sp³-hybridized carbons (Fsp3) is 0.125. The van der Waals surface area contributed by atoms with Gasteiger partial charge in [-0.05, 0) is 48.4 Å². The second kappa shape index (κ2) is 8.89. The number of nitrogens with zero attached hydrogens (tertiary/aromatic N) is 2. The summed E-state index contributed by atoms with van der Waals surface area (Å²) >= 11 is 0. The first kappa shape index (κ1) is 21.0. The van der Waals surface area contributed by atoms with Crippen LogP contribution in [0.1, 0.15) is 15.9 Å². The van der Waals surface area contributed by atoms with Crippen LogP contribution in [-0.2, 0) is 13.0 Å². The molecule has 0 saturated carbocycles. The van der Waals surface area contributed by atoms with Gasteiger partial charge in [0.15, 0.2) is 11.6 Å². The van der Waals surface area contributed by atoms with Gasteiger partial charge in [0.05, 0.1) is 30.0 Å². The summed E-state index contributed by atoms with van der Waals surface area (Å²) in [5, 5.41) is 12.2. The Bertz CT molecular complexity index is 1370. The molecule has 32 heavy (non-hydrogen) atoms. The molecule has 4 aromatic rings. The molecular formula is C24H20FN3O4. The monoisotopic (exact) mass is 433 g/mol. The summed E-state index contributed by atoms with van der Waals surface area (Å²) in [6.07, 6.45) is 2.03. The minimum absolute atomic E-state index is 0.0118. The van der Waals surface area contributed by atoms with E-state index in [0.717, 1.165) is 23.4 Å². The molecular weight excluding hydrogens is 413 g/mol. The predicted octanol–water partition coefficient (Wildman–Crippen LogP) is 3.74. The van der Waals surface area contributed by atoms with Crippen LogP contribution in [-0.4, -0.2) is 27.7 Å². The Hall–Kier alpha value is -4.20. The fourth-order valence-electron chi connectivity index (χ4n) is 3.46. The maximum atomic E-state index is 13.6. The lowest BCUT2D eigenvalue weighted by atomic mass is 10.1. The van der Waals surface area contributed by atoms with Crippen molar-refractivity contribution in [2.45, 2.75) is 13.0 Å². The van der Waals surface area contributed by atoms with Crippen molar-refractivity contribution >= 4 is 22.5 Å². The lowest BCUT2D eigenvalue weighted by molar-refractivity contribution is 0.102. The normalized spacial score (nSPS) is 10.8. The summed E-state index contributed by atoms with van der Waals surface area (Å²) in [5.41, 5.74) is 1.36. The van der Waals surface area contributed by atoms with E-state index < -0.39 is 17.5 Å². The van der Waals surface area contributed by atoms with E-state index in [2.05, 4.69) is 10.3 Å². The number of anilines is 1. The van der Waals surface area contributed by atoms with Crippen molar-refractivity contribution in [1.82, 2.24) is 9.55 Å². The number of rotatable bonds is 6. The standard InChI is InChI=1S/C24H20FN3O4/c1-32-21-8-3-2-5-15(21)11-12-28-14-26-18-6-4-7-19(22(18)24(28)31)27-23(30)16-9-10-20(29)17(25)13-16/h2-10,13-14,29H,11-12H2,1H3,(H,27,30). The van der Waals surface area contributed by atoms with Crippen LogP contribution in [0.2, 0.25) is 0 Å². The summed E-state index contributed by atoms with van der Waals surface area (Å²) in [6, 6.07) is 15.8. The zero-order valence-corrected chi connectivity index (χ0v) is 17.2. The molecule has 162 valence electrons. The average molecular weight is 433 g/mol. The van der Waals surface area contributed by atoms with Gasteiger partial charge in [-0.2, -0.15) is 0 Å². The highest BCUT2D eigenvalue weighted by Crippen LogP contribution is 2.22. The molecule has 1 aromatic heterocycles. The summed E-state index contributed by atoms with van der Waals surface area (Å²) < 4.78 is 20.5. The molecule has 1 heterocycles. The molecule has 0 spiro atoms. The largest absolute Gasteiger partial charge is 0.505 e. The first-order chi connectivity index (χ1) is 15.5. The number of aromatic nitrogens is 2. The number of carbonyl (C=O) groups excluding carboxylic acids is 1. The number of phenols is 1. The number of carbonyl (C=O) groups is 1. The number of benzene rings is 3. The van der Waals surface area contributed by atoms with E-state index in [1.807, 2.05) is 24.3 Å².